The normalized spacial score (nSPS) is 23.2. The van der Waals surface area contributed by atoms with Gasteiger partial charge in [0, 0.05) is 29.7 Å². The molecule has 0 radical (unpaired) electrons. The lowest BCUT2D eigenvalue weighted by Gasteiger charge is -2.25. The monoisotopic (exact) mass is 343 g/mol. The van der Waals surface area contributed by atoms with E-state index < -0.39 is 0 Å². The minimum absolute atomic E-state index is 0.179. The molecule has 2 saturated heterocycles. The molecule has 7 heteroatoms. The number of likely N-dealkylation sites (tertiary alicyclic amines) is 1. The van der Waals surface area contributed by atoms with Crippen LogP contribution in [0.2, 0.25) is 0 Å². The number of rotatable bonds is 3. The van der Waals surface area contributed by atoms with Crippen molar-refractivity contribution in [3.05, 3.63) is 33.5 Å². The Kier molecular flexibility index (Phi) is 3.75. The SMILES string of the molecule is Cc1cc(C)nc(N2CC[C@H]3[C@@H]2CC(=O)N3Cc2csc(C)n2)n1. The Hall–Kier alpha value is -2.02. The average Bonchev–Trinajstić information content (AvgIpc) is 3.16. The van der Waals surface area contributed by atoms with Gasteiger partial charge in [-0.3, -0.25) is 4.79 Å². The number of carbonyl (C=O) groups excluding carboxylic acids is 1. The van der Waals surface area contributed by atoms with E-state index in [1.165, 1.54) is 0 Å². The van der Waals surface area contributed by atoms with Gasteiger partial charge in [-0.25, -0.2) is 15.0 Å². The maximum Gasteiger partial charge on any atom is 0.226 e. The largest absolute Gasteiger partial charge is 0.335 e. The van der Waals surface area contributed by atoms with Crippen molar-refractivity contribution in [2.75, 3.05) is 11.4 Å². The molecule has 0 saturated carbocycles. The van der Waals surface area contributed by atoms with Crippen LogP contribution in [-0.4, -0.2) is 44.4 Å². The summed E-state index contributed by atoms with van der Waals surface area (Å²) >= 11 is 1.64. The van der Waals surface area contributed by atoms with E-state index in [2.05, 4.69) is 25.2 Å². The third-order valence-electron chi connectivity index (χ3n) is 4.84. The number of aromatic nitrogens is 3. The van der Waals surface area contributed by atoms with E-state index in [-0.39, 0.29) is 18.0 Å². The number of thiazole rings is 1. The molecule has 6 nitrogen and oxygen atoms in total. The lowest BCUT2D eigenvalue weighted by atomic mass is 10.1. The first-order valence-electron chi connectivity index (χ1n) is 8.30. The molecular formula is C17H21N5OS. The number of hydrogen-bond donors (Lipinski definition) is 0. The van der Waals surface area contributed by atoms with Crippen LogP contribution in [0.5, 0.6) is 0 Å². The standard InChI is InChI=1S/C17H21N5OS/c1-10-6-11(2)19-17(18-10)21-5-4-14-15(21)7-16(23)22(14)8-13-9-24-12(3)20-13/h6,9,14-15H,4-5,7-8H2,1-3H3/t14-,15-/m0/s1. The highest BCUT2D eigenvalue weighted by atomic mass is 32.1. The molecule has 4 heterocycles. The lowest BCUT2D eigenvalue weighted by Crippen LogP contribution is -2.37. The quantitative estimate of drug-likeness (QED) is 0.855. The van der Waals surface area contributed by atoms with Gasteiger partial charge in [0.25, 0.3) is 0 Å². The molecule has 0 unspecified atom stereocenters. The molecule has 2 aliphatic heterocycles. The van der Waals surface area contributed by atoms with Crippen LogP contribution in [0.4, 0.5) is 5.95 Å². The topological polar surface area (TPSA) is 62.2 Å². The molecule has 0 aromatic carbocycles. The zero-order chi connectivity index (χ0) is 16.8. The summed E-state index contributed by atoms with van der Waals surface area (Å²) in [6.07, 6.45) is 1.51. The summed E-state index contributed by atoms with van der Waals surface area (Å²) in [5.41, 5.74) is 2.94. The molecule has 2 fully saturated rings. The second kappa shape index (κ2) is 5.81. The highest BCUT2D eigenvalue weighted by Gasteiger charge is 2.47. The van der Waals surface area contributed by atoms with Gasteiger partial charge < -0.3 is 9.80 Å². The van der Waals surface area contributed by atoms with Crippen LogP contribution in [0, 0.1) is 20.8 Å². The number of amides is 1. The molecule has 4 rings (SSSR count). The fourth-order valence-electron chi connectivity index (χ4n) is 3.87. The summed E-state index contributed by atoms with van der Waals surface area (Å²) in [4.78, 5) is 30.4. The smallest absolute Gasteiger partial charge is 0.226 e. The van der Waals surface area contributed by atoms with E-state index in [1.54, 1.807) is 11.3 Å². The van der Waals surface area contributed by atoms with Gasteiger partial charge in [0.2, 0.25) is 11.9 Å². The van der Waals surface area contributed by atoms with Crippen LogP contribution in [-0.2, 0) is 11.3 Å². The highest BCUT2D eigenvalue weighted by molar-refractivity contribution is 7.09. The maximum absolute atomic E-state index is 12.5. The van der Waals surface area contributed by atoms with Gasteiger partial charge in [-0.15, -0.1) is 11.3 Å². The first kappa shape index (κ1) is 15.5. The Labute approximate surface area is 145 Å². The van der Waals surface area contributed by atoms with Gasteiger partial charge in [0.05, 0.1) is 29.3 Å². The van der Waals surface area contributed by atoms with E-state index in [0.29, 0.717) is 13.0 Å². The number of aryl methyl sites for hydroxylation is 3. The summed E-state index contributed by atoms with van der Waals surface area (Å²) in [5, 5.41) is 3.10. The van der Waals surface area contributed by atoms with Gasteiger partial charge >= 0.3 is 0 Å². The molecule has 0 bridgehead atoms. The Morgan fingerprint density at radius 1 is 1.17 bits per heavy atom. The molecule has 0 spiro atoms. The van der Waals surface area contributed by atoms with Crippen molar-refractivity contribution in [2.45, 2.75) is 52.2 Å². The Morgan fingerprint density at radius 2 is 1.92 bits per heavy atom. The van der Waals surface area contributed by atoms with Crippen molar-refractivity contribution in [3.63, 3.8) is 0 Å². The number of nitrogens with zero attached hydrogens (tertiary/aromatic N) is 5. The van der Waals surface area contributed by atoms with Crippen molar-refractivity contribution in [2.24, 2.45) is 0 Å². The summed E-state index contributed by atoms with van der Waals surface area (Å²) in [5.74, 6) is 0.976. The number of anilines is 1. The van der Waals surface area contributed by atoms with Crippen LogP contribution < -0.4 is 4.90 Å². The Balaban J connectivity index is 1.56. The van der Waals surface area contributed by atoms with Crippen LogP contribution in [0.25, 0.3) is 0 Å². The van der Waals surface area contributed by atoms with E-state index in [9.17, 15) is 4.79 Å². The molecular weight excluding hydrogens is 322 g/mol. The lowest BCUT2D eigenvalue weighted by molar-refractivity contribution is -0.129. The second-order valence-corrected chi connectivity index (χ2v) is 7.71. The Morgan fingerprint density at radius 3 is 2.58 bits per heavy atom. The third-order valence-corrected chi connectivity index (χ3v) is 5.66. The number of hydrogen-bond acceptors (Lipinski definition) is 6. The molecule has 2 aliphatic rings. The zero-order valence-corrected chi connectivity index (χ0v) is 15.0. The molecule has 24 heavy (non-hydrogen) atoms. The predicted molar refractivity (Wildman–Crippen MR) is 93.1 cm³/mol. The van der Waals surface area contributed by atoms with Crippen LogP contribution >= 0.6 is 11.3 Å². The van der Waals surface area contributed by atoms with Crippen LogP contribution in [0.3, 0.4) is 0 Å². The van der Waals surface area contributed by atoms with Crippen molar-refractivity contribution in [1.29, 1.82) is 0 Å². The van der Waals surface area contributed by atoms with Gasteiger partial charge in [-0.1, -0.05) is 0 Å². The van der Waals surface area contributed by atoms with Gasteiger partial charge in [-0.2, -0.15) is 0 Å². The highest BCUT2D eigenvalue weighted by Crippen LogP contribution is 2.35. The minimum Gasteiger partial charge on any atom is -0.335 e. The van der Waals surface area contributed by atoms with Crippen molar-refractivity contribution in [1.82, 2.24) is 19.9 Å². The molecule has 2 atom stereocenters. The third kappa shape index (κ3) is 2.66. The molecule has 0 N–H and O–H groups in total. The Bertz CT molecular complexity index is 769. The first-order chi connectivity index (χ1) is 11.5. The molecule has 2 aromatic rings. The van der Waals surface area contributed by atoms with Crippen molar-refractivity contribution >= 4 is 23.2 Å². The first-order valence-corrected chi connectivity index (χ1v) is 9.18. The molecule has 2 aromatic heterocycles. The van der Waals surface area contributed by atoms with Gasteiger partial charge in [0.15, 0.2) is 0 Å². The minimum atomic E-state index is 0.179. The van der Waals surface area contributed by atoms with Gasteiger partial charge in [0.1, 0.15) is 0 Å². The van der Waals surface area contributed by atoms with Crippen molar-refractivity contribution in [3.8, 4) is 0 Å². The van der Waals surface area contributed by atoms with E-state index in [1.807, 2.05) is 31.7 Å². The average molecular weight is 343 g/mol. The number of carbonyl (C=O) groups is 1. The summed E-state index contributed by atoms with van der Waals surface area (Å²) in [6.45, 7) is 7.49. The van der Waals surface area contributed by atoms with Crippen molar-refractivity contribution < 1.29 is 4.79 Å². The summed E-state index contributed by atoms with van der Waals surface area (Å²) in [6, 6.07) is 2.40. The van der Waals surface area contributed by atoms with Gasteiger partial charge in [-0.05, 0) is 33.3 Å². The maximum atomic E-state index is 12.5. The zero-order valence-electron chi connectivity index (χ0n) is 14.2. The fraction of sp³-hybridized carbons (Fsp3) is 0.529. The van der Waals surface area contributed by atoms with Crippen LogP contribution in [0.1, 0.15) is 34.9 Å². The van der Waals surface area contributed by atoms with E-state index in [0.717, 1.165) is 41.0 Å². The molecule has 126 valence electrons. The number of fused-ring (bicyclic) bond motifs is 1. The summed E-state index contributed by atoms with van der Waals surface area (Å²) < 4.78 is 0. The van der Waals surface area contributed by atoms with E-state index in [4.69, 9.17) is 0 Å². The van der Waals surface area contributed by atoms with Crippen LogP contribution in [0.15, 0.2) is 11.4 Å². The second-order valence-electron chi connectivity index (χ2n) is 6.65. The molecule has 0 aliphatic carbocycles. The fourth-order valence-corrected chi connectivity index (χ4v) is 4.48. The predicted octanol–water partition coefficient (Wildman–Crippen LogP) is 2.24. The van der Waals surface area contributed by atoms with E-state index >= 15 is 0 Å². The summed E-state index contributed by atoms with van der Waals surface area (Å²) in [7, 11) is 0. The molecule has 1 amide bonds.